The first kappa shape index (κ1) is 13.4. The molecular formula is C15H21N3O2. The summed E-state index contributed by atoms with van der Waals surface area (Å²) in [6, 6.07) is 4.41. The summed E-state index contributed by atoms with van der Waals surface area (Å²) >= 11 is 0. The molecule has 0 aromatic carbocycles. The normalized spacial score (nSPS) is 29.9. The Bertz CT molecular complexity index is 540. The summed E-state index contributed by atoms with van der Waals surface area (Å²) in [6.07, 6.45) is 7.30. The van der Waals surface area contributed by atoms with Crippen LogP contribution < -0.4 is 10.9 Å². The van der Waals surface area contributed by atoms with Crippen molar-refractivity contribution >= 4 is 5.91 Å². The zero-order valence-electron chi connectivity index (χ0n) is 11.8. The quantitative estimate of drug-likeness (QED) is 0.850. The lowest BCUT2D eigenvalue weighted by molar-refractivity contribution is 0.0463. The summed E-state index contributed by atoms with van der Waals surface area (Å²) in [5, 5.41) is 3.09. The van der Waals surface area contributed by atoms with Gasteiger partial charge < -0.3 is 15.2 Å². The first-order valence-corrected chi connectivity index (χ1v) is 7.35. The van der Waals surface area contributed by atoms with E-state index in [4.69, 9.17) is 0 Å². The van der Waals surface area contributed by atoms with Gasteiger partial charge in [0.15, 0.2) is 0 Å². The van der Waals surface area contributed by atoms with Crippen LogP contribution in [0.2, 0.25) is 0 Å². The molecule has 2 saturated heterocycles. The molecule has 2 unspecified atom stereocenters. The number of carbonyl (C=O) groups excluding carboxylic acids is 1. The van der Waals surface area contributed by atoms with E-state index in [0.717, 1.165) is 12.8 Å². The molecule has 0 radical (unpaired) electrons. The highest BCUT2D eigenvalue weighted by atomic mass is 16.2. The van der Waals surface area contributed by atoms with Gasteiger partial charge in [0.25, 0.3) is 5.91 Å². The zero-order chi connectivity index (χ0) is 14.1. The Morgan fingerprint density at radius 1 is 1.35 bits per heavy atom. The number of carbonyl (C=O) groups is 1. The smallest absolute Gasteiger partial charge is 0.251 e. The molecule has 2 aliphatic rings. The predicted molar refractivity (Wildman–Crippen MR) is 76.7 cm³/mol. The first-order chi connectivity index (χ1) is 9.63. The third-order valence-electron chi connectivity index (χ3n) is 4.71. The molecule has 2 N–H and O–H groups in total. The Kier molecular flexibility index (Phi) is 3.61. The number of H-pyrrole nitrogens is 1. The molecule has 3 rings (SSSR count). The molecule has 1 aromatic rings. The molecule has 2 fully saturated rings. The van der Waals surface area contributed by atoms with E-state index in [1.807, 2.05) is 0 Å². The molecule has 5 heteroatoms. The summed E-state index contributed by atoms with van der Waals surface area (Å²) < 4.78 is 0. The highest BCUT2D eigenvalue weighted by Gasteiger charge is 2.36. The minimum atomic E-state index is -0.238. The second-order valence-electron chi connectivity index (χ2n) is 5.99. The molecule has 108 valence electrons. The van der Waals surface area contributed by atoms with E-state index in [1.165, 1.54) is 31.5 Å². The van der Waals surface area contributed by atoms with Crippen molar-refractivity contribution in [2.75, 3.05) is 7.05 Å². The minimum Gasteiger partial charge on any atom is -0.349 e. The Balaban J connectivity index is 1.66. The van der Waals surface area contributed by atoms with Crippen molar-refractivity contribution in [2.45, 2.75) is 50.2 Å². The van der Waals surface area contributed by atoms with Gasteiger partial charge in [-0.1, -0.05) is 6.42 Å². The minimum absolute atomic E-state index is 0.135. The van der Waals surface area contributed by atoms with Crippen LogP contribution in [-0.2, 0) is 0 Å². The summed E-state index contributed by atoms with van der Waals surface area (Å²) in [5.74, 6) is -0.135. The number of fused-ring (bicyclic) bond motifs is 2. The fourth-order valence-corrected chi connectivity index (χ4v) is 3.59. The number of pyridine rings is 1. The van der Waals surface area contributed by atoms with Gasteiger partial charge in [0, 0.05) is 36.0 Å². The van der Waals surface area contributed by atoms with Crippen LogP contribution in [-0.4, -0.2) is 41.0 Å². The van der Waals surface area contributed by atoms with Gasteiger partial charge in [0.2, 0.25) is 5.56 Å². The lowest BCUT2D eigenvalue weighted by atomic mass is 9.82. The van der Waals surface area contributed by atoms with Crippen LogP contribution in [0.1, 0.15) is 42.5 Å². The number of nitrogens with one attached hydrogen (secondary N) is 2. The monoisotopic (exact) mass is 275 g/mol. The summed E-state index contributed by atoms with van der Waals surface area (Å²) in [5.41, 5.74) is 0.204. The van der Waals surface area contributed by atoms with E-state index in [9.17, 15) is 9.59 Å². The van der Waals surface area contributed by atoms with Crippen LogP contribution in [0.25, 0.3) is 0 Å². The molecule has 0 spiro atoms. The van der Waals surface area contributed by atoms with E-state index < -0.39 is 0 Å². The molecular weight excluding hydrogens is 254 g/mol. The Morgan fingerprint density at radius 2 is 2.05 bits per heavy atom. The molecule has 2 bridgehead atoms. The second-order valence-corrected chi connectivity index (χ2v) is 5.99. The van der Waals surface area contributed by atoms with E-state index in [-0.39, 0.29) is 17.5 Å². The molecule has 3 heterocycles. The Morgan fingerprint density at radius 3 is 2.70 bits per heavy atom. The molecule has 1 amide bonds. The molecule has 2 atom stereocenters. The molecule has 0 saturated carbocycles. The fraction of sp³-hybridized carbons (Fsp3) is 0.600. The third kappa shape index (κ3) is 2.63. The van der Waals surface area contributed by atoms with E-state index in [2.05, 4.69) is 22.2 Å². The predicted octanol–water partition coefficient (Wildman–Crippen LogP) is 1.12. The molecule has 0 aliphatic carbocycles. The average Bonchev–Trinajstić information content (AvgIpc) is 2.40. The number of aromatic nitrogens is 1. The lowest BCUT2D eigenvalue weighted by Crippen LogP contribution is -2.55. The Labute approximate surface area is 118 Å². The van der Waals surface area contributed by atoms with Crippen LogP contribution in [0.3, 0.4) is 0 Å². The number of piperidine rings is 2. The van der Waals surface area contributed by atoms with Crippen molar-refractivity contribution in [3.05, 3.63) is 34.2 Å². The maximum absolute atomic E-state index is 12.2. The number of hydrogen-bond acceptors (Lipinski definition) is 3. The summed E-state index contributed by atoms with van der Waals surface area (Å²) in [4.78, 5) is 28.4. The Hall–Kier alpha value is -1.62. The van der Waals surface area contributed by atoms with Gasteiger partial charge in [-0.25, -0.2) is 0 Å². The molecule has 1 aromatic heterocycles. The van der Waals surface area contributed by atoms with E-state index >= 15 is 0 Å². The van der Waals surface area contributed by atoms with Gasteiger partial charge in [0.1, 0.15) is 0 Å². The number of rotatable bonds is 2. The van der Waals surface area contributed by atoms with Crippen molar-refractivity contribution in [3.8, 4) is 0 Å². The van der Waals surface area contributed by atoms with E-state index in [1.54, 1.807) is 6.07 Å². The average molecular weight is 275 g/mol. The van der Waals surface area contributed by atoms with Gasteiger partial charge in [-0.3, -0.25) is 9.59 Å². The number of aromatic amines is 1. The van der Waals surface area contributed by atoms with Gasteiger partial charge >= 0.3 is 0 Å². The van der Waals surface area contributed by atoms with Crippen molar-refractivity contribution in [1.82, 2.24) is 15.2 Å². The maximum atomic E-state index is 12.2. The third-order valence-corrected chi connectivity index (χ3v) is 4.71. The van der Waals surface area contributed by atoms with Crippen LogP contribution in [0, 0.1) is 0 Å². The number of hydrogen-bond donors (Lipinski definition) is 2. The molecule has 2 aliphatic heterocycles. The van der Waals surface area contributed by atoms with E-state index in [0.29, 0.717) is 17.6 Å². The highest BCUT2D eigenvalue weighted by molar-refractivity contribution is 5.94. The second kappa shape index (κ2) is 5.40. The van der Waals surface area contributed by atoms with Crippen molar-refractivity contribution < 1.29 is 4.79 Å². The maximum Gasteiger partial charge on any atom is 0.251 e. The largest absolute Gasteiger partial charge is 0.349 e. The SMILES string of the molecule is CN1C2CCCC1CC(NC(=O)c1cc[nH]c(=O)c1)C2. The molecule has 20 heavy (non-hydrogen) atoms. The fourth-order valence-electron chi connectivity index (χ4n) is 3.59. The zero-order valence-corrected chi connectivity index (χ0v) is 11.8. The highest BCUT2D eigenvalue weighted by Crippen LogP contribution is 2.32. The topological polar surface area (TPSA) is 65.2 Å². The van der Waals surface area contributed by atoms with Gasteiger partial charge in [0.05, 0.1) is 0 Å². The summed E-state index contributed by atoms with van der Waals surface area (Å²) in [7, 11) is 2.20. The number of nitrogens with zero attached hydrogens (tertiary/aromatic N) is 1. The standard InChI is InChI=1S/C15H21N3O2/c1-18-12-3-2-4-13(18)9-11(8-12)17-15(20)10-5-6-16-14(19)7-10/h5-7,11-13H,2-4,8-9H2,1H3,(H,16,19)(H,17,20). The molecule has 5 nitrogen and oxygen atoms in total. The van der Waals surface area contributed by atoms with Crippen LogP contribution in [0.5, 0.6) is 0 Å². The lowest BCUT2D eigenvalue weighted by Gasteiger charge is -2.47. The van der Waals surface area contributed by atoms with Crippen LogP contribution in [0.15, 0.2) is 23.1 Å². The van der Waals surface area contributed by atoms with Gasteiger partial charge in [-0.05, 0) is 38.8 Å². The van der Waals surface area contributed by atoms with Crippen molar-refractivity contribution in [2.24, 2.45) is 0 Å². The van der Waals surface area contributed by atoms with Crippen molar-refractivity contribution in [3.63, 3.8) is 0 Å². The summed E-state index contributed by atoms with van der Waals surface area (Å²) in [6.45, 7) is 0. The first-order valence-electron chi connectivity index (χ1n) is 7.35. The number of amides is 1. The van der Waals surface area contributed by atoms with Gasteiger partial charge in [-0.2, -0.15) is 0 Å². The van der Waals surface area contributed by atoms with Crippen LogP contribution >= 0.6 is 0 Å². The van der Waals surface area contributed by atoms with Crippen LogP contribution in [0.4, 0.5) is 0 Å². The van der Waals surface area contributed by atoms with Crippen molar-refractivity contribution in [1.29, 1.82) is 0 Å². The van der Waals surface area contributed by atoms with Gasteiger partial charge in [-0.15, -0.1) is 0 Å².